The molecule has 2 fully saturated rings. The van der Waals surface area contributed by atoms with Crippen molar-refractivity contribution < 1.29 is 8.42 Å². The van der Waals surface area contributed by atoms with Crippen LogP contribution in [-0.2, 0) is 9.84 Å². The highest BCUT2D eigenvalue weighted by atomic mass is 32.2. The SMILES string of the molecule is CC1(C)[C@@H]2CC[C@@]1(CS(=O)(=O)c1ccccc1)[C@H](Sc1ccccc1)C2. The van der Waals surface area contributed by atoms with E-state index < -0.39 is 9.84 Å². The van der Waals surface area contributed by atoms with E-state index in [1.54, 1.807) is 12.1 Å². The normalized spacial score (nSPS) is 29.8. The quantitative estimate of drug-likeness (QED) is 0.685. The Hall–Kier alpha value is -1.26. The lowest BCUT2D eigenvalue weighted by Crippen LogP contribution is -2.43. The molecule has 4 heteroatoms. The van der Waals surface area contributed by atoms with Crippen molar-refractivity contribution in [3.05, 3.63) is 60.7 Å². The molecule has 0 aromatic heterocycles. The first-order chi connectivity index (χ1) is 12.4. The van der Waals surface area contributed by atoms with Gasteiger partial charge in [0.2, 0.25) is 0 Å². The fourth-order valence-corrected chi connectivity index (χ4v) is 9.16. The van der Waals surface area contributed by atoms with Crippen molar-refractivity contribution in [1.82, 2.24) is 0 Å². The van der Waals surface area contributed by atoms with Gasteiger partial charge in [-0.1, -0.05) is 50.2 Å². The molecule has 2 bridgehead atoms. The lowest BCUT2D eigenvalue weighted by Gasteiger charge is -2.42. The zero-order valence-corrected chi connectivity index (χ0v) is 17.0. The van der Waals surface area contributed by atoms with Crippen molar-refractivity contribution in [2.24, 2.45) is 16.7 Å². The summed E-state index contributed by atoms with van der Waals surface area (Å²) in [5.74, 6) is 0.882. The zero-order valence-electron chi connectivity index (χ0n) is 15.4. The Morgan fingerprint density at radius 3 is 2.23 bits per heavy atom. The van der Waals surface area contributed by atoms with Crippen LogP contribution in [-0.4, -0.2) is 19.4 Å². The minimum atomic E-state index is -3.30. The Morgan fingerprint density at radius 1 is 1.00 bits per heavy atom. The van der Waals surface area contributed by atoms with E-state index in [1.807, 2.05) is 36.0 Å². The smallest absolute Gasteiger partial charge is 0.178 e. The molecule has 4 rings (SSSR count). The summed E-state index contributed by atoms with van der Waals surface area (Å²) in [5.41, 5.74) is -0.103. The summed E-state index contributed by atoms with van der Waals surface area (Å²) in [5, 5.41) is 0.358. The average molecular weight is 387 g/mol. The minimum absolute atomic E-state index is 0.0568. The Balaban J connectivity index is 1.69. The molecule has 2 aromatic carbocycles. The molecule has 2 aliphatic carbocycles. The molecule has 2 saturated carbocycles. The Morgan fingerprint density at radius 2 is 1.62 bits per heavy atom. The van der Waals surface area contributed by atoms with Crippen molar-refractivity contribution in [3.63, 3.8) is 0 Å². The fourth-order valence-electron chi connectivity index (χ4n) is 5.22. The van der Waals surface area contributed by atoms with E-state index in [2.05, 4.69) is 38.1 Å². The molecule has 0 amide bonds. The predicted octanol–water partition coefficient (Wildman–Crippen LogP) is 5.45. The maximum atomic E-state index is 13.2. The summed E-state index contributed by atoms with van der Waals surface area (Å²) < 4.78 is 26.5. The molecule has 138 valence electrons. The monoisotopic (exact) mass is 386 g/mol. The maximum absolute atomic E-state index is 13.2. The number of benzene rings is 2. The molecule has 0 aliphatic heterocycles. The molecule has 3 atom stereocenters. The van der Waals surface area contributed by atoms with Gasteiger partial charge < -0.3 is 0 Å². The lowest BCUT2D eigenvalue weighted by molar-refractivity contribution is 0.159. The van der Waals surface area contributed by atoms with Gasteiger partial charge in [0.1, 0.15) is 0 Å². The van der Waals surface area contributed by atoms with Gasteiger partial charge in [0.05, 0.1) is 10.6 Å². The van der Waals surface area contributed by atoms with E-state index in [9.17, 15) is 8.42 Å². The first-order valence-electron chi connectivity index (χ1n) is 9.35. The van der Waals surface area contributed by atoms with Crippen LogP contribution >= 0.6 is 11.8 Å². The van der Waals surface area contributed by atoms with E-state index in [1.165, 1.54) is 4.90 Å². The highest BCUT2D eigenvalue weighted by molar-refractivity contribution is 8.00. The number of hydrogen-bond acceptors (Lipinski definition) is 3. The van der Waals surface area contributed by atoms with Gasteiger partial charge in [-0.3, -0.25) is 0 Å². The second-order valence-electron chi connectivity index (χ2n) is 8.34. The molecule has 2 nitrogen and oxygen atoms in total. The summed E-state index contributed by atoms with van der Waals surface area (Å²) in [6.07, 6.45) is 3.29. The van der Waals surface area contributed by atoms with Crippen LogP contribution in [0.4, 0.5) is 0 Å². The van der Waals surface area contributed by atoms with Crippen LogP contribution in [0.25, 0.3) is 0 Å². The first kappa shape index (κ1) is 18.1. The van der Waals surface area contributed by atoms with Gasteiger partial charge in [0.15, 0.2) is 9.84 Å². The molecule has 2 aromatic rings. The Labute approximate surface area is 161 Å². The van der Waals surface area contributed by atoms with Crippen molar-refractivity contribution in [3.8, 4) is 0 Å². The van der Waals surface area contributed by atoms with E-state index in [4.69, 9.17) is 0 Å². The van der Waals surface area contributed by atoms with Gasteiger partial charge >= 0.3 is 0 Å². The van der Waals surface area contributed by atoms with Gasteiger partial charge in [0, 0.05) is 15.6 Å². The topological polar surface area (TPSA) is 34.1 Å². The largest absolute Gasteiger partial charge is 0.224 e. The maximum Gasteiger partial charge on any atom is 0.178 e. The molecule has 0 heterocycles. The van der Waals surface area contributed by atoms with Gasteiger partial charge in [-0.15, -0.1) is 11.8 Å². The van der Waals surface area contributed by atoms with Gasteiger partial charge in [-0.25, -0.2) is 8.42 Å². The molecule has 26 heavy (non-hydrogen) atoms. The van der Waals surface area contributed by atoms with Crippen LogP contribution in [0, 0.1) is 16.7 Å². The van der Waals surface area contributed by atoms with Crippen molar-refractivity contribution in [2.45, 2.75) is 48.2 Å². The van der Waals surface area contributed by atoms with Crippen molar-refractivity contribution in [2.75, 3.05) is 5.75 Å². The third-order valence-corrected chi connectivity index (χ3v) is 10.3. The summed E-state index contributed by atoms with van der Waals surface area (Å²) >= 11 is 1.89. The highest BCUT2D eigenvalue weighted by Crippen LogP contribution is 2.69. The highest BCUT2D eigenvalue weighted by Gasteiger charge is 2.65. The van der Waals surface area contributed by atoms with Gasteiger partial charge in [-0.2, -0.15) is 0 Å². The van der Waals surface area contributed by atoms with E-state index in [0.717, 1.165) is 19.3 Å². The van der Waals surface area contributed by atoms with E-state index >= 15 is 0 Å². The predicted molar refractivity (Wildman–Crippen MR) is 108 cm³/mol. The second-order valence-corrected chi connectivity index (χ2v) is 11.6. The number of hydrogen-bond donors (Lipinski definition) is 0. The average Bonchev–Trinajstić information content (AvgIpc) is 2.98. The van der Waals surface area contributed by atoms with Gasteiger partial charge in [0.25, 0.3) is 0 Å². The molecule has 0 unspecified atom stereocenters. The van der Waals surface area contributed by atoms with Crippen molar-refractivity contribution in [1.29, 1.82) is 0 Å². The van der Waals surface area contributed by atoms with Crippen LogP contribution in [0.2, 0.25) is 0 Å². The van der Waals surface area contributed by atoms with Crippen LogP contribution in [0.3, 0.4) is 0 Å². The fraction of sp³-hybridized carbons (Fsp3) is 0.455. The number of sulfone groups is 1. The molecule has 2 aliphatic rings. The Kier molecular flexibility index (Phi) is 4.47. The molecule has 0 saturated heterocycles. The summed E-state index contributed by atoms with van der Waals surface area (Å²) in [6, 6.07) is 19.4. The Bertz CT molecular complexity index is 875. The van der Waals surface area contributed by atoms with Crippen LogP contribution < -0.4 is 0 Å². The minimum Gasteiger partial charge on any atom is -0.224 e. The van der Waals surface area contributed by atoms with Crippen LogP contribution in [0.1, 0.15) is 33.1 Å². The number of thioether (sulfide) groups is 1. The standard InChI is InChI=1S/C22H26O2S2/c1-21(2)17-13-14-22(21,16-26(23,24)19-11-7-4-8-12-19)20(15-17)25-18-9-5-3-6-10-18/h3-12,17,20H,13-16H2,1-2H3/t17-,20-,22-/m1/s1. The third-order valence-electron chi connectivity index (χ3n) is 6.93. The van der Waals surface area contributed by atoms with Crippen LogP contribution in [0.15, 0.2) is 70.5 Å². The first-order valence-corrected chi connectivity index (χ1v) is 11.9. The molecular weight excluding hydrogens is 360 g/mol. The number of fused-ring (bicyclic) bond motifs is 2. The lowest BCUT2D eigenvalue weighted by atomic mass is 9.70. The molecule has 0 N–H and O–H groups in total. The second kappa shape index (κ2) is 6.42. The summed E-state index contributed by atoms with van der Waals surface area (Å²) in [6.45, 7) is 4.60. The third kappa shape index (κ3) is 2.82. The van der Waals surface area contributed by atoms with Crippen molar-refractivity contribution >= 4 is 21.6 Å². The van der Waals surface area contributed by atoms with Crippen LogP contribution in [0.5, 0.6) is 0 Å². The zero-order chi connectivity index (χ0) is 18.4. The van der Waals surface area contributed by atoms with E-state index in [-0.39, 0.29) is 16.6 Å². The number of rotatable bonds is 5. The molecule has 0 radical (unpaired) electrons. The van der Waals surface area contributed by atoms with Gasteiger partial charge in [-0.05, 0) is 54.9 Å². The summed E-state index contributed by atoms with van der Waals surface area (Å²) in [7, 11) is -3.30. The molecule has 0 spiro atoms. The summed E-state index contributed by atoms with van der Waals surface area (Å²) in [4.78, 5) is 1.71. The molecular formula is C22H26O2S2. The van der Waals surface area contributed by atoms with E-state index in [0.29, 0.717) is 16.1 Å².